The Balaban J connectivity index is 1.73. The Hall–Kier alpha value is -2.63. The lowest BCUT2D eigenvalue weighted by atomic mass is 10.3. The first-order valence-electron chi connectivity index (χ1n) is 6.86. The summed E-state index contributed by atoms with van der Waals surface area (Å²) < 4.78 is 5.71. The lowest BCUT2D eigenvalue weighted by molar-refractivity contribution is -0.384. The molecule has 3 rings (SSSR count). The van der Waals surface area contributed by atoms with E-state index in [0.717, 1.165) is 19.0 Å². The van der Waals surface area contributed by atoms with Gasteiger partial charge in [-0.15, -0.1) is 0 Å². The molecule has 0 bridgehead atoms. The summed E-state index contributed by atoms with van der Waals surface area (Å²) >= 11 is 0. The molecule has 108 valence electrons. The molecule has 0 N–H and O–H groups in total. The highest BCUT2D eigenvalue weighted by Crippen LogP contribution is 2.23. The highest BCUT2D eigenvalue weighted by molar-refractivity contribution is 5.79. The number of rotatable bonds is 4. The molecule has 6 nitrogen and oxygen atoms in total. The number of hydrogen-bond donors (Lipinski definition) is 0. The number of nitrogens with zero attached hydrogens (tertiary/aromatic N) is 3. The SMILES string of the molecule is O=[N+]([O-])c1cccc(N=Cc2ccc(N3CCCC3)o2)c1. The zero-order valence-corrected chi connectivity index (χ0v) is 11.4. The Morgan fingerprint density at radius 3 is 2.81 bits per heavy atom. The highest BCUT2D eigenvalue weighted by atomic mass is 16.6. The zero-order chi connectivity index (χ0) is 14.7. The lowest BCUT2D eigenvalue weighted by Gasteiger charge is -2.12. The van der Waals surface area contributed by atoms with Crippen LogP contribution in [0, 0.1) is 10.1 Å². The first-order chi connectivity index (χ1) is 10.2. The van der Waals surface area contributed by atoms with Gasteiger partial charge < -0.3 is 9.32 Å². The van der Waals surface area contributed by atoms with Crippen LogP contribution in [0.2, 0.25) is 0 Å². The maximum atomic E-state index is 10.7. The van der Waals surface area contributed by atoms with Crippen molar-refractivity contribution >= 4 is 23.5 Å². The van der Waals surface area contributed by atoms with Gasteiger partial charge in [0.2, 0.25) is 0 Å². The molecular formula is C15H15N3O3. The van der Waals surface area contributed by atoms with Crippen LogP contribution in [-0.4, -0.2) is 24.2 Å². The van der Waals surface area contributed by atoms with Gasteiger partial charge in [0.05, 0.1) is 16.8 Å². The molecule has 1 fully saturated rings. The van der Waals surface area contributed by atoms with Gasteiger partial charge in [-0.2, -0.15) is 0 Å². The second-order valence-electron chi connectivity index (χ2n) is 4.91. The van der Waals surface area contributed by atoms with Crippen LogP contribution in [0.4, 0.5) is 17.3 Å². The molecule has 2 heterocycles. The van der Waals surface area contributed by atoms with Crippen molar-refractivity contribution in [3.05, 3.63) is 52.3 Å². The molecule has 0 radical (unpaired) electrons. The van der Waals surface area contributed by atoms with E-state index in [9.17, 15) is 10.1 Å². The molecule has 21 heavy (non-hydrogen) atoms. The summed E-state index contributed by atoms with van der Waals surface area (Å²) in [4.78, 5) is 16.7. The molecular weight excluding hydrogens is 270 g/mol. The summed E-state index contributed by atoms with van der Waals surface area (Å²) in [7, 11) is 0. The van der Waals surface area contributed by atoms with Gasteiger partial charge in [0.1, 0.15) is 5.76 Å². The zero-order valence-electron chi connectivity index (χ0n) is 11.4. The van der Waals surface area contributed by atoms with E-state index in [2.05, 4.69) is 9.89 Å². The number of nitro groups is 1. The second-order valence-corrected chi connectivity index (χ2v) is 4.91. The normalized spacial score (nSPS) is 15.0. The first kappa shape index (κ1) is 13.4. The van der Waals surface area contributed by atoms with E-state index >= 15 is 0 Å². The third kappa shape index (κ3) is 3.10. The fraction of sp³-hybridized carbons (Fsp3) is 0.267. The number of hydrogen-bond acceptors (Lipinski definition) is 5. The van der Waals surface area contributed by atoms with Crippen LogP contribution in [0.25, 0.3) is 0 Å². The molecule has 1 saturated heterocycles. The van der Waals surface area contributed by atoms with Gasteiger partial charge in [-0.25, -0.2) is 0 Å². The van der Waals surface area contributed by atoms with E-state index in [1.54, 1.807) is 18.3 Å². The van der Waals surface area contributed by atoms with Crippen LogP contribution < -0.4 is 4.90 Å². The molecule has 0 spiro atoms. The number of aliphatic imine (C=N–C) groups is 1. The Morgan fingerprint density at radius 1 is 1.24 bits per heavy atom. The topological polar surface area (TPSA) is 71.9 Å². The summed E-state index contributed by atoms with van der Waals surface area (Å²) in [6.07, 6.45) is 3.97. The minimum atomic E-state index is -0.433. The van der Waals surface area contributed by atoms with Crippen LogP contribution in [0.3, 0.4) is 0 Å². The van der Waals surface area contributed by atoms with Gasteiger partial charge in [0.15, 0.2) is 5.88 Å². The van der Waals surface area contributed by atoms with E-state index in [4.69, 9.17) is 4.42 Å². The molecule has 1 aromatic heterocycles. The standard InChI is InChI=1S/C15H15N3O3/c19-18(20)13-5-3-4-12(10-13)16-11-14-6-7-15(21-14)17-8-1-2-9-17/h3-7,10-11H,1-2,8-9H2. The predicted octanol–water partition coefficient (Wildman–Crippen LogP) is 3.54. The van der Waals surface area contributed by atoms with Gasteiger partial charge in [0.25, 0.3) is 5.69 Å². The van der Waals surface area contributed by atoms with Crippen LogP contribution in [0.1, 0.15) is 18.6 Å². The van der Waals surface area contributed by atoms with Gasteiger partial charge >= 0.3 is 0 Å². The Bertz CT molecular complexity index is 672. The number of furan rings is 1. The Kier molecular flexibility index (Phi) is 3.68. The number of benzene rings is 1. The number of non-ortho nitro benzene ring substituents is 1. The van der Waals surface area contributed by atoms with Crippen LogP contribution in [0.5, 0.6) is 0 Å². The van der Waals surface area contributed by atoms with Crippen molar-refractivity contribution in [3.63, 3.8) is 0 Å². The molecule has 0 unspecified atom stereocenters. The third-order valence-corrected chi connectivity index (χ3v) is 3.41. The summed E-state index contributed by atoms with van der Waals surface area (Å²) in [5.41, 5.74) is 0.560. The van der Waals surface area contributed by atoms with E-state index in [1.807, 2.05) is 12.1 Å². The number of nitro benzene ring substituents is 1. The van der Waals surface area contributed by atoms with Crippen molar-refractivity contribution in [3.8, 4) is 0 Å². The van der Waals surface area contributed by atoms with Crippen molar-refractivity contribution in [2.45, 2.75) is 12.8 Å². The van der Waals surface area contributed by atoms with Gasteiger partial charge in [0, 0.05) is 31.3 Å². The molecule has 1 aliphatic heterocycles. The Labute approximate surface area is 121 Å². The predicted molar refractivity (Wildman–Crippen MR) is 80.5 cm³/mol. The minimum absolute atomic E-state index is 0.0295. The average Bonchev–Trinajstić information content (AvgIpc) is 3.16. The fourth-order valence-corrected chi connectivity index (χ4v) is 2.34. The molecule has 0 saturated carbocycles. The largest absolute Gasteiger partial charge is 0.440 e. The van der Waals surface area contributed by atoms with E-state index in [1.165, 1.54) is 25.0 Å². The average molecular weight is 285 g/mol. The summed E-state index contributed by atoms with van der Waals surface area (Å²) in [6, 6.07) is 9.99. The van der Waals surface area contributed by atoms with Crippen LogP contribution in [-0.2, 0) is 0 Å². The van der Waals surface area contributed by atoms with Crippen molar-refractivity contribution in [1.29, 1.82) is 0 Å². The number of anilines is 1. The van der Waals surface area contributed by atoms with Gasteiger partial charge in [-0.1, -0.05) is 6.07 Å². The van der Waals surface area contributed by atoms with Crippen LogP contribution in [0.15, 0.2) is 45.8 Å². The van der Waals surface area contributed by atoms with Crippen molar-refractivity contribution in [2.75, 3.05) is 18.0 Å². The molecule has 6 heteroatoms. The molecule has 0 atom stereocenters. The summed E-state index contributed by atoms with van der Waals surface area (Å²) in [6.45, 7) is 2.05. The molecule has 0 aliphatic carbocycles. The van der Waals surface area contributed by atoms with E-state index in [-0.39, 0.29) is 5.69 Å². The smallest absolute Gasteiger partial charge is 0.271 e. The van der Waals surface area contributed by atoms with Crippen molar-refractivity contribution in [2.24, 2.45) is 4.99 Å². The maximum Gasteiger partial charge on any atom is 0.271 e. The van der Waals surface area contributed by atoms with Crippen molar-refractivity contribution in [1.82, 2.24) is 0 Å². The molecule has 1 aliphatic rings. The second kappa shape index (κ2) is 5.78. The first-order valence-corrected chi connectivity index (χ1v) is 6.86. The quantitative estimate of drug-likeness (QED) is 0.489. The minimum Gasteiger partial charge on any atom is -0.440 e. The maximum absolute atomic E-state index is 10.7. The van der Waals surface area contributed by atoms with Gasteiger partial charge in [-0.3, -0.25) is 15.1 Å². The highest BCUT2D eigenvalue weighted by Gasteiger charge is 2.15. The van der Waals surface area contributed by atoms with Crippen molar-refractivity contribution < 1.29 is 9.34 Å². The molecule has 1 aromatic carbocycles. The summed E-state index contributed by atoms with van der Waals surface area (Å²) in [5, 5.41) is 10.7. The third-order valence-electron chi connectivity index (χ3n) is 3.41. The monoisotopic (exact) mass is 285 g/mol. The lowest BCUT2D eigenvalue weighted by Crippen LogP contribution is -2.16. The van der Waals surface area contributed by atoms with Gasteiger partial charge in [-0.05, 0) is 25.0 Å². The molecule has 0 amide bonds. The fourth-order valence-electron chi connectivity index (χ4n) is 2.34. The summed E-state index contributed by atoms with van der Waals surface area (Å²) in [5.74, 6) is 1.50. The van der Waals surface area contributed by atoms with E-state index < -0.39 is 4.92 Å². The van der Waals surface area contributed by atoms with E-state index in [0.29, 0.717) is 11.4 Å². The molecule has 2 aromatic rings. The van der Waals surface area contributed by atoms with Crippen LogP contribution >= 0.6 is 0 Å². The Morgan fingerprint density at radius 2 is 2.05 bits per heavy atom.